The largest absolute Gasteiger partial charge is 0.323 e. The van der Waals surface area contributed by atoms with Crippen molar-refractivity contribution in [2.45, 2.75) is 17.2 Å². The van der Waals surface area contributed by atoms with Crippen LogP contribution in [0.5, 0.6) is 0 Å². The highest BCUT2D eigenvalue weighted by molar-refractivity contribution is 7.99. The van der Waals surface area contributed by atoms with Gasteiger partial charge in [-0.1, -0.05) is 59.2 Å². The van der Waals surface area contributed by atoms with Gasteiger partial charge in [0.25, 0.3) is 5.76 Å². The van der Waals surface area contributed by atoms with E-state index in [9.17, 15) is 13.6 Å². The van der Waals surface area contributed by atoms with Gasteiger partial charge in [0.05, 0.1) is 15.7 Å². The van der Waals surface area contributed by atoms with Gasteiger partial charge in [0.15, 0.2) is 0 Å². The number of nitrogens with one attached hydrogen (secondary N) is 1. The fourth-order valence-corrected chi connectivity index (χ4v) is 2.95. The second-order valence-corrected chi connectivity index (χ2v) is 6.69. The normalized spacial score (nSPS) is 10.8. The van der Waals surface area contributed by atoms with Crippen molar-refractivity contribution in [3.05, 3.63) is 58.1 Å². The van der Waals surface area contributed by atoms with Crippen LogP contribution < -0.4 is 5.32 Å². The Balaban J connectivity index is 2.08. The van der Waals surface area contributed by atoms with Gasteiger partial charge < -0.3 is 10.2 Å². The Kier molecular flexibility index (Phi) is 6.71. The number of para-hydroxylation sites is 1. The molecular formula is C16H14Cl2F2N2OS. The fraction of sp³-hybridized carbons (Fsp3) is 0.188. The first-order chi connectivity index (χ1) is 11.4. The summed E-state index contributed by atoms with van der Waals surface area (Å²) in [7, 11) is 1.58. The van der Waals surface area contributed by atoms with Crippen LogP contribution in [0.4, 0.5) is 19.3 Å². The lowest BCUT2D eigenvalue weighted by Gasteiger charge is -2.20. The number of urea groups is 1. The molecule has 2 amide bonds. The van der Waals surface area contributed by atoms with E-state index in [0.717, 1.165) is 0 Å². The van der Waals surface area contributed by atoms with Gasteiger partial charge in [-0.25, -0.2) is 4.79 Å². The number of hydrogen-bond acceptors (Lipinski definition) is 2. The number of halogens is 4. The third kappa shape index (κ3) is 5.00. The summed E-state index contributed by atoms with van der Waals surface area (Å²) in [5.41, 5.74) is 1.02. The minimum atomic E-state index is -2.56. The predicted octanol–water partition coefficient (Wildman–Crippen LogP) is 5.97. The van der Waals surface area contributed by atoms with Gasteiger partial charge in [-0.15, -0.1) is 0 Å². The van der Waals surface area contributed by atoms with Crippen LogP contribution in [0.3, 0.4) is 0 Å². The van der Waals surface area contributed by atoms with E-state index < -0.39 is 11.8 Å². The Morgan fingerprint density at radius 3 is 2.62 bits per heavy atom. The molecule has 0 spiro atoms. The van der Waals surface area contributed by atoms with E-state index in [2.05, 4.69) is 5.32 Å². The first kappa shape index (κ1) is 18.8. The zero-order valence-electron chi connectivity index (χ0n) is 12.6. The number of carbonyl (C=O) groups is 1. The average molecular weight is 391 g/mol. The Morgan fingerprint density at radius 1 is 1.21 bits per heavy atom. The maximum absolute atomic E-state index is 12.6. The van der Waals surface area contributed by atoms with Crippen LogP contribution in [0.2, 0.25) is 10.0 Å². The molecule has 2 aromatic rings. The number of carbonyl (C=O) groups excluding carboxylic acids is 1. The van der Waals surface area contributed by atoms with Crippen LogP contribution in [0, 0.1) is 0 Å². The highest BCUT2D eigenvalue weighted by Crippen LogP contribution is 2.32. The maximum Gasteiger partial charge on any atom is 0.321 e. The summed E-state index contributed by atoms with van der Waals surface area (Å²) in [5.74, 6) is -2.56. The van der Waals surface area contributed by atoms with Crippen LogP contribution in [-0.4, -0.2) is 23.7 Å². The van der Waals surface area contributed by atoms with Gasteiger partial charge in [0.1, 0.15) is 0 Å². The van der Waals surface area contributed by atoms with E-state index in [-0.39, 0.29) is 6.54 Å². The number of amides is 2. The Hall–Kier alpha value is -1.50. The molecule has 0 unspecified atom stereocenters. The molecule has 0 fully saturated rings. The molecule has 0 aliphatic heterocycles. The summed E-state index contributed by atoms with van der Waals surface area (Å²) in [6.45, 7) is 0.232. The maximum atomic E-state index is 12.6. The molecule has 0 bridgehead atoms. The quantitative estimate of drug-likeness (QED) is 0.637. The summed E-state index contributed by atoms with van der Waals surface area (Å²) in [6.07, 6.45) is 0. The SMILES string of the molecule is CN(Cc1cccc(Cl)c1Cl)C(=O)Nc1ccccc1SC(F)F. The molecule has 24 heavy (non-hydrogen) atoms. The zero-order chi connectivity index (χ0) is 17.7. The summed E-state index contributed by atoms with van der Waals surface area (Å²) in [6, 6.07) is 11.1. The Labute approximate surface area is 152 Å². The minimum Gasteiger partial charge on any atom is -0.323 e. The number of hydrogen-bond donors (Lipinski definition) is 1. The third-order valence-electron chi connectivity index (χ3n) is 3.13. The monoisotopic (exact) mass is 390 g/mol. The summed E-state index contributed by atoms with van der Waals surface area (Å²) < 4.78 is 25.2. The number of nitrogens with zero attached hydrogens (tertiary/aromatic N) is 1. The van der Waals surface area contributed by atoms with Gasteiger partial charge in [0.2, 0.25) is 0 Å². The Morgan fingerprint density at radius 2 is 1.92 bits per heavy atom. The van der Waals surface area contributed by atoms with E-state index >= 15 is 0 Å². The highest BCUT2D eigenvalue weighted by atomic mass is 35.5. The van der Waals surface area contributed by atoms with Crippen LogP contribution in [0.25, 0.3) is 0 Å². The lowest BCUT2D eigenvalue weighted by Crippen LogP contribution is -2.31. The van der Waals surface area contributed by atoms with Crippen molar-refractivity contribution < 1.29 is 13.6 Å². The lowest BCUT2D eigenvalue weighted by molar-refractivity contribution is 0.220. The van der Waals surface area contributed by atoms with Crippen molar-refractivity contribution in [1.82, 2.24) is 4.90 Å². The molecule has 128 valence electrons. The molecule has 2 aromatic carbocycles. The molecule has 1 N–H and O–H groups in total. The summed E-state index contributed by atoms with van der Waals surface area (Å²) in [4.78, 5) is 14.0. The van der Waals surface area contributed by atoms with Crippen molar-refractivity contribution in [2.75, 3.05) is 12.4 Å². The predicted molar refractivity (Wildman–Crippen MR) is 95.3 cm³/mol. The topological polar surface area (TPSA) is 32.3 Å². The van der Waals surface area contributed by atoms with Gasteiger partial charge in [-0.05, 0) is 23.8 Å². The van der Waals surface area contributed by atoms with Crippen molar-refractivity contribution in [1.29, 1.82) is 0 Å². The molecule has 2 rings (SSSR count). The standard InChI is InChI=1S/C16H14Cl2F2N2OS/c1-22(9-10-5-4-6-11(17)14(10)18)16(23)21-12-7-2-3-8-13(12)24-15(19)20/h2-8,15H,9H2,1H3,(H,21,23). The second-order valence-electron chi connectivity index (χ2n) is 4.87. The molecule has 0 saturated carbocycles. The van der Waals surface area contributed by atoms with E-state index in [1.807, 2.05) is 0 Å². The van der Waals surface area contributed by atoms with E-state index in [0.29, 0.717) is 38.0 Å². The van der Waals surface area contributed by atoms with E-state index in [1.165, 1.54) is 11.0 Å². The number of rotatable bonds is 5. The first-order valence-corrected chi connectivity index (χ1v) is 8.51. The van der Waals surface area contributed by atoms with Crippen molar-refractivity contribution in [2.24, 2.45) is 0 Å². The molecule has 3 nitrogen and oxygen atoms in total. The van der Waals surface area contributed by atoms with Gasteiger partial charge in [-0.3, -0.25) is 0 Å². The van der Waals surface area contributed by atoms with E-state index in [4.69, 9.17) is 23.2 Å². The van der Waals surface area contributed by atoms with Crippen molar-refractivity contribution in [3.63, 3.8) is 0 Å². The molecule has 0 atom stereocenters. The molecule has 0 radical (unpaired) electrons. The molecule has 0 heterocycles. The third-order valence-corrected chi connectivity index (χ3v) is 4.78. The van der Waals surface area contributed by atoms with Gasteiger partial charge in [0, 0.05) is 18.5 Å². The van der Waals surface area contributed by atoms with Crippen LogP contribution in [-0.2, 0) is 6.54 Å². The molecule has 8 heteroatoms. The lowest BCUT2D eigenvalue weighted by atomic mass is 10.2. The minimum absolute atomic E-state index is 0.232. The Bertz CT molecular complexity index is 731. The summed E-state index contributed by atoms with van der Waals surface area (Å²) >= 11 is 12.4. The number of anilines is 1. The van der Waals surface area contributed by atoms with Gasteiger partial charge >= 0.3 is 6.03 Å². The highest BCUT2D eigenvalue weighted by Gasteiger charge is 2.15. The summed E-state index contributed by atoms with van der Waals surface area (Å²) in [5, 5.41) is 3.41. The molecule has 0 saturated heterocycles. The van der Waals surface area contributed by atoms with Crippen LogP contribution in [0.15, 0.2) is 47.4 Å². The molecule has 0 aromatic heterocycles. The molecule has 0 aliphatic carbocycles. The van der Waals surface area contributed by atoms with Crippen LogP contribution >= 0.6 is 35.0 Å². The second kappa shape index (κ2) is 8.55. The average Bonchev–Trinajstić information content (AvgIpc) is 2.53. The van der Waals surface area contributed by atoms with Gasteiger partial charge in [-0.2, -0.15) is 8.78 Å². The molecular weight excluding hydrogens is 377 g/mol. The fourth-order valence-electron chi connectivity index (χ4n) is 1.98. The number of alkyl halides is 2. The van der Waals surface area contributed by atoms with E-state index in [1.54, 1.807) is 43.4 Å². The number of benzene rings is 2. The number of thioether (sulfide) groups is 1. The first-order valence-electron chi connectivity index (χ1n) is 6.87. The van der Waals surface area contributed by atoms with Crippen molar-refractivity contribution in [3.8, 4) is 0 Å². The molecule has 0 aliphatic rings. The van der Waals surface area contributed by atoms with Crippen LogP contribution in [0.1, 0.15) is 5.56 Å². The van der Waals surface area contributed by atoms with Crippen molar-refractivity contribution >= 4 is 46.7 Å². The zero-order valence-corrected chi connectivity index (χ0v) is 14.9. The smallest absolute Gasteiger partial charge is 0.321 e.